The Labute approximate surface area is 115 Å². The van der Waals surface area contributed by atoms with Crippen molar-refractivity contribution in [2.24, 2.45) is 0 Å². The summed E-state index contributed by atoms with van der Waals surface area (Å²) in [6.07, 6.45) is 14.1. The average molecular weight is 313 g/mol. The second-order valence-corrected chi connectivity index (χ2v) is 4.54. The van der Waals surface area contributed by atoms with Crippen molar-refractivity contribution in [2.75, 3.05) is 6.54 Å². The van der Waals surface area contributed by atoms with Crippen LogP contribution >= 0.6 is 26.4 Å². The van der Waals surface area contributed by atoms with Gasteiger partial charge in [0.15, 0.2) is 0 Å². The van der Waals surface area contributed by atoms with Crippen molar-refractivity contribution >= 4 is 26.4 Å². The minimum Gasteiger partial charge on any atom is -0.255 e. The molecule has 0 heterocycles. The molecule has 0 aromatic carbocycles. The van der Waals surface area contributed by atoms with Crippen molar-refractivity contribution in [1.82, 2.24) is 10.6 Å². The first kappa shape index (κ1) is 19.2. The molecule has 0 saturated heterocycles. The lowest BCUT2D eigenvalue weighted by molar-refractivity contribution is 0.542. The molecule has 0 amide bonds. The normalized spacial score (nSPS) is 10.1. The summed E-state index contributed by atoms with van der Waals surface area (Å²) in [5, 5.41) is 2.87. The third-order valence-electron chi connectivity index (χ3n) is 2.76. The summed E-state index contributed by atoms with van der Waals surface area (Å²) in [4.78, 5) is 0. The highest BCUT2D eigenvalue weighted by molar-refractivity contribution is 8.93. The van der Waals surface area contributed by atoms with Gasteiger partial charge in [0.2, 0.25) is 0 Å². The van der Waals surface area contributed by atoms with Gasteiger partial charge in [-0.3, -0.25) is 5.43 Å². The van der Waals surface area contributed by atoms with Gasteiger partial charge in [-0.2, -0.15) is 0 Å². The van der Waals surface area contributed by atoms with Crippen LogP contribution in [0.1, 0.15) is 71.1 Å². The Morgan fingerprint density at radius 2 is 1.19 bits per heavy atom. The molecule has 16 heavy (non-hydrogen) atoms. The second-order valence-electron chi connectivity index (χ2n) is 4.25. The zero-order chi connectivity index (χ0) is 11.2. The fourth-order valence-corrected chi connectivity index (χ4v) is 1.92. The SMILES string of the molecule is Br.CCCCCCCCCCCCNNP. The van der Waals surface area contributed by atoms with Crippen LogP contribution in [-0.2, 0) is 0 Å². The van der Waals surface area contributed by atoms with E-state index in [1.165, 1.54) is 64.2 Å². The van der Waals surface area contributed by atoms with Gasteiger partial charge in [0.1, 0.15) is 0 Å². The molecule has 0 radical (unpaired) electrons. The summed E-state index contributed by atoms with van der Waals surface area (Å²) in [6.45, 7) is 3.36. The molecule has 0 rings (SSSR count). The molecule has 0 aromatic rings. The molecule has 0 aliphatic carbocycles. The van der Waals surface area contributed by atoms with E-state index in [4.69, 9.17) is 0 Å². The van der Waals surface area contributed by atoms with Crippen LogP contribution in [0.3, 0.4) is 0 Å². The van der Waals surface area contributed by atoms with Crippen LogP contribution in [0.4, 0.5) is 0 Å². The third kappa shape index (κ3) is 17.2. The highest BCUT2D eigenvalue weighted by Gasteiger charge is 1.91. The Bertz CT molecular complexity index is 103. The number of hydrazine groups is 1. The first-order valence-corrected chi connectivity index (χ1v) is 7.18. The number of hydrogen-bond acceptors (Lipinski definition) is 2. The number of unbranched alkanes of at least 4 members (excludes halogenated alkanes) is 9. The Hall–Kier alpha value is 0.830. The van der Waals surface area contributed by atoms with Crippen LogP contribution in [0.5, 0.6) is 0 Å². The molecule has 2 nitrogen and oxygen atoms in total. The number of hydrogen-bond donors (Lipinski definition) is 2. The molecule has 0 spiro atoms. The predicted molar refractivity (Wildman–Crippen MR) is 83.0 cm³/mol. The van der Waals surface area contributed by atoms with Crippen LogP contribution in [0.25, 0.3) is 0 Å². The highest BCUT2D eigenvalue weighted by Crippen LogP contribution is 2.09. The van der Waals surface area contributed by atoms with Crippen molar-refractivity contribution < 1.29 is 0 Å². The Morgan fingerprint density at radius 3 is 1.62 bits per heavy atom. The van der Waals surface area contributed by atoms with E-state index >= 15 is 0 Å². The molecule has 0 aromatic heterocycles. The fraction of sp³-hybridized carbons (Fsp3) is 1.00. The van der Waals surface area contributed by atoms with E-state index in [-0.39, 0.29) is 17.0 Å². The lowest BCUT2D eigenvalue weighted by Crippen LogP contribution is -2.23. The van der Waals surface area contributed by atoms with Crippen molar-refractivity contribution in [2.45, 2.75) is 71.1 Å². The Kier molecular flexibility index (Phi) is 21.8. The largest absolute Gasteiger partial charge is 0.255 e. The summed E-state index contributed by atoms with van der Waals surface area (Å²) in [6, 6.07) is 0. The summed E-state index contributed by atoms with van der Waals surface area (Å²) >= 11 is 0. The standard InChI is InChI=1S/C12H29N2P.BrH/c1-2-3-4-5-6-7-8-9-10-11-12-13-14-15;/h13-14H,2-12,15H2,1H3;1H. The molecule has 0 saturated carbocycles. The third-order valence-corrected chi connectivity index (χ3v) is 2.96. The molecule has 1 atom stereocenters. The number of nitrogens with one attached hydrogen (secondary N) is 2. The minimum absolute atomic E-state index is 0. The summed E-state index contributed by atoms with van der Waals surface area (Å²) in [5.41, 5.74) is 3.09. The van der Waals surface area contributed by atoms with Gasteiger partial charge in [-0.1, -0.05) is 74.1 Å². The van der Waals surface area contributed by atoms with Gasteiger partial charge in [-0.25, -0.2) is 5.20 Å². The van der Waals surface area contributed by atoms with E-state index in [9.17, 15) is 0 Å². The molecular formula is C12H30BrN2P. The molecule has 0 aliphatic heterocycles. The Morgan fingerprint density at radius 1 is 0.750 bits per heavy atom. The van der Waals surface area contributed by atoms with E-state index in [1.54, 1.807) is 0 Å². The lowest BCUT2D eigenvalue weighted by Gasteiger charge is -2.03. The van der Waals surface area contributed by atoms with Gasteiger partial charge in [0, 0.05) is 6.54 Å². The molecule has 100 valence electrons. The highest BCUT2D eigenvalue weighted by atomic mass is 79.9. The van der Waals surface area contributed by atoms with E-state index in [1.807, 2.05) is 0 Å². The van der Waals surface area contributed by atoms with Gasteiger partial charge in [-0.15, -0.1) is 17.0 Å². The minimum atomic E-state index is 0. The molecule has 0 fully saturated rings. The molecule has 4 heteroatoms. The molecule has 1 unspecified atom stereocenters. The monoisotopic (exact) mass is 312 g/mol. The molecule has 0 aliphatic rings. The predicted octanol–water partition coefficient (Wildman–Crippen LogP) is 4.37. The molecule has 2 N–H and O–H groups in total. The lowest BCUT2D eigenvalue weighted by atomic mass is 10.1. The fourth-order valence-electron chi connectivity index (χ4n) is 1.77. The Balaban J connectivity index is 0. The first-order chi connectivity index (χ1) is 7.41. The maximum Gasteiger partial charge on any atom is 0.0103 e. The summed E-state index contributed by atoms with van der Waals surface area (Å²) in [5.74, 6) is 0. The number of halogens is 1. The van der Waals surface area contributed by atoms with E-state index < -0.39 is 0 Å². The van der Waals surface area contributed by atoms with Crippen LogP contribution in [-0.4, -0.2) is 6.54 Å². The zero-order valence-electron chi connectivity index (χ0n) is 10.8. The van der Waals surface area contributed by atoms with E-state index in [0.29, 0.717) is 0 Å². The number of rotatable bonds is 12. The second kappa shape index (κ2) is 18.2. The van der Waals surface area contributed by atoms with Gasteiger partial charge in [0.05, 0.1) is 0 Å². The van der Waals surface area contributed by atoms with Gasteiger partial charge < -0.3 is 0 Å². The maximum atomic E-state index is 3.09. The van der Waals surface area contributed by atoms with Gasteiger partial charge >= 0.3 is 0 Å². The maximum absolute atomic E-state index is 3.09. The van der Waals surface area contributed by atoms with Gasteiger partial charge in [0.25, 0.3) is 0 Å². The van der Waals surface area contributed by atoms with E-state index in [0.717, 1.165) is 6.54 Å². The van der Waals surface area contributed by atoms with Crippen LogP contribution < -0.4 is 10.6 Å². The first-order valence-electron chi connectivity index (χ1n) is 6.60. The average Bonchev–Trinajstić information content (AvgIpc) is 2.26. The van der Waals surface area contributed by atoms with Crippen molar-refractivity contribution in [3.63, 3.8) is 0 Å². The van der Waals surface area contributed by atoms with Crippen LogP contribution in [0.2, 0.25) is 0 Å². The van der Waals surface area contributed by atoms with Crippen molar-refractivity contribution in [3.8, 4) is 0 Å². The van der Waals surface area contributed by atoms with Crippen molar-refractivity contribution in [1.29, 1.82) is 0 Å². The molecule has 0 bridgehead atoms. The summed E-state index contributed by atoms with van der Waals surface area (Å²) in [7, 11) is 2.45. The molecular weight excluding hydrogens is 283 g/mol. The van der Waals surface area contributed by atoms with Crippen LogP contribution in [0.15, 0.2) is 0 Å². The summed E-state index contributed by atoms with van der Waals surface area (Å²) < 4.78 is 0. The smallest absolute Gasteiger partial charge is 0.0103 e. The van der Waals surface area contributed by atoms with Gasteiger partial charge in [-0.05, 0) is 6.42 Å². The topological polar surface area (TPSA) is 24.1 Å². The zero-order valence-corrected chi connectivity index (χ0v) is 13.6. The van der Waals surface area contributed by atoms with E-state index in [2.05, 4.69) is 26.9 Å². The quantitative estimate of drug-likeness (QED) is 0.318. The van der Waals surface area contributed by atoms with Crippen LogP contribution in [0, 0.1) is 0 Å². The van der Waals surface area contributed by atoms with Crippen molar-refractivity contribution in [3.05, 3.63) is 0 Å².